The van der Waals surface area contributed by atoms with Crippen molar-refractivity contribution >= 4 is 23.6 Å². The van der Waals surface area contributed by atoms with E-state index >= 15 is 0 Å². The standard InChI is InChI=1S/C21H26F2N2O3S/c22-21(23)28-15-8-9-16-14(10-15)6-3-7-17(16)24-19(26)18-11-29-12-25(18)20(27)13-4-1-2-5-13/h8-10,13,17-18,21H,1-7,11-12H2,(H,24,26). The highest BCUT2D eigenvalue weighted by atomic mass is 32.2. The van der Waals surface area contributed by atoms with E-state index in [2.05, 4.69) is 10.1 Å². The van der Waals surface area contributed by atoms with Gasteiger partial charge < -0.3 is 15.0 Å². The Hall–Kier alpha value is -1.83. The number of rotatable bonds is 5. The lowest BCUT2D eigenvalue weighted by Gasteiger charge is -2.30. The number of nitrogens with zero attached hydrogens (tertiary/aromatic N) is 1. The first-order valence-electron chi connectivity index (χ1n) is 10.3. The normalized spacial score (nSPS) is 24.6. The third kappa shape index (κ3) is 4.52. The first kappa shape index (κ1) is 20.4. The van der Waals surface area contributed by atoms with Crippen molar-refractivity contribution in [2.45, 2.75) is 63.6 Å². The van der Waals surface area contributed by atoms with Gasteiger partial charge in [-0.2, -0.15) is 8.78 Å². The van der Waals surface area contributed by atoms with Crippen molar-refractivity contribution in [3.05, 3.63) is 29.3 Å². The average Bonchev–Trinajstić information content (AvgIpc) is 3.39. The molecule has 158 valence electrons. The fourth-order valence-electron chi connectivity index (χ4n) is 4.67. The molecule has 1 aromatic carbocycles. The highest BCUT2D eigenvalue weighted by Gasteiger charge is 2.39. The van der Waals surface area contributed by atoms with Crippen molar-refractivity contribution < 1.29 is 23.1 Å². The summed E-state index contributed by atoms with van der Waals surface area (Å²) in [4.78, 5) is 27.6. The number of nitrogens with one attached hydrogen (secondary N) is 1. The van der Waals surface area contributed by atoms with Crippen LogP contribution in [0.3, 0.4) is 0 Å². The molecule has 0 radical (unpaired) electrons. The lowest BCUT2D eigenvalue weighted by molar-refractivity contribution is -0.141. The van der Waals surface area contributed by atoms with E-state index in [-0.39, 0.29) is 29.5 Å². The number of aryl methyl sites for hydroxylation is 1. The molecule has 0 aromatic heterocycles. The van der Waals surface area contributed by atoms with E-state index in [1.807, 2.05) is 0 Å². The molecule has 1 N–H and O–H groups in total. The first-order valence-corrected chi connectivity index (χ1v) is 11.4. The molecule has 1 aliphatic heterocycles. The molecule has 4 rings (SSSR count). The van der Waals surface area contributed by atoms with Crippen LogP contribution in [0, 0.1) is 5.92 Å². The fourth-order valence-corrected chi connectivity index (χ4v) is 5.83. The SMILES string of the molecule is O=C(NC1CCCc2cc(OC(F)F)ccc21)C1CSCN1C(=O)C1CCCC1. The molecule has 0 bridgehead atoms. The molecule has 3 aliphatic rings. The van der Waals surface area contributed by atoms with Crippen LogP contribution in [0.2, 0.25) is 0 Å². The van der Waals surface area contributed by atoms with Crippen LogP contribution in [0.15, 0.2) is 18.2 Å². The minimum Gasteiger partial charge on any atom is -0.435 e. The summed E-state index contributed by atoms with van der Waals surface area (Å²) in [5.41, 5.74) is 1.88. The van der Waals surface area contributed by atoms with E-state index in [4.69, 9.17) is 0 Å². The molecule has 0 spiro atoms. The number of amides is 2. The van der Waals surface area contributed by atoms with E-state index < -0.39 is 12.7 Å². The Morgan fingerprint density at radius 3 is 2.72 bits per heavy atom. The summed E-state index contributed by atoms with van der Waals surface area (Å²) in [6.45, 7) is -2.85. The van der Waals surface area contributed by atoms with Crippen LogP contribution >= 0.6 is 11.8 Å². The Balaban J connectivity index is 1.44. The summed E-state index contributed by atoms with van der Waals surface area (Å²) in [5, 5.41) is 3.12. The minimum atomic E-state index is -2.85. The maximum Gasteiger partial charge on any atom is 0.387 e. The number of carbonyl (C=O) groups is 2. The molecule has 1 saturated carbocycles. The van der Waals surface area contributed by atoms with Gasteiger partial charge >= 0.3 is 6.61 Å². The third-order valence-corrected chi connectivity index (χ3v) is 7.16. The maximum atomic E-state index is 13.0. The van der Waals surface area contributed by atoms with Gasteiger partial charge in [-0.3, -0.25) is 9.59 Å². The Kier molecular flexibility index (Phi) is 6.27. The van der Waals surface area contributed by atoms with Crippen LogP contribution in [0.5, 0.6) is 5.75 Å². The second-order valence-corrected chi connectivity index (χ2v) is 9.00. The number of fused-ring (bicyclic) bond motifs is 1. The van der Waals surface area contributed by atoms with E-state index in [9.17, 15) is 18.4 Å². The Morgan fingerprint density at radius 1 is 1.17 bits per heavy atom. The molecule has 2 atom stereocenters. The summed E-state index contributed by atoms with van der Waals surface area (Å²) < 4.78 is 29.4. The van der Waals surface area contributed by atoms with Gasteiger partial charge in [0.05, 0.1) is 11.9 Å². The van der Waals surface area contributed by atoms with Crippen LogP contribution in [0.1, 0.15) is 55.7 Å². The first-order chi connectivity index (χ1) is 14.0. The Morgan fingerprint density at radius 2 is 1.97 bits per heavy atom. The van der Waals surface area contributed by atoms with Gasteiger partial charge in [0.2, 0.25) is 11.8 Å². The average molecular weight is 425 g/mol. The van der Waals surface area contributed by atoms with Crippen LogP contribution in [-0.2, 0) is 16.0 Å². The summed E-state index contributed by atoms with van der Waals surface area (Å²) in [6.07, 6.45) is 6.45. The van der Waals surface area contributed by atoms with Crippen molar-refractivity contribution in [2.24, 2.45) is 5.92 Å². The Labute approximate surface area is 173 Å². The molecule has 1 saturated heterocycles. The van der Waals surface area contributed by atoms with Crippen LogP contribution in [-0.4, -0.2) is 41.0 Å². The van der Waals surface area contributed by atoms with E-state index in [1.54, 1.807) is 28.8 Å². The van der Waals surface area contributed by atoms with Crippen molar-refractivity contribution in [1.82, 2.24) is 10.2 Å². The number of halogens is 2. The molecule has 1 heterocycles. The number of alkyl halides is 2. The van der Waals surface area contributed by atoms with Gasteiger partial charge in [0.15, 0.2) is 0 Å². The van der Waals surface area contributed by atoms with Crippen LogP contribution < -0.4 is 10.1 Å². The van der Waals surface area contributed by atoms with Crippen LogP contribution in [0.25, 0.3) is 0 Å². The quantitative estimate of drug-likeness (QED) is 0.780. The van der Waals surface area contributed by atoms with Gasteiger partial charge in [0, 0.05) is 11.7 Å². The third-order valence-electron chi connectivity index (χ3n) is 6.14. The summed E-state index contributed by atoms with van der Waals surface area (Å²) in [6, 6.07) is 4.33. The molecule has 8 heteroatoms. The zero-order valence-electron chi connectivity index (χ0n) is 16.2. The van der Waals surface area contributed by atoms with Gasteiger partial charge in [-0.1, -0.05) is 18.9 Å². The van der Waals surface area contributed by atoms with E-state index in [0.717, 1.165) is 56.1 Å². The van der Waals surface area contributed by atoms with E-state index in [0.29, 0.717) is 11.6 Å². The zero-order chi connectivity index (χ0) is 20.4. The second kappa shape index (κ2) is 8.90. The lowest BCUT2D eigenvalue weighted by atomic mass is 9.87. The van der Waals surface area contributed by atoms with Gasteiger partial charge in [-0.25, -0.2) is 0 Å². The Bertz CT molecular complexity index is 770. The largest absolute Gasteiger partial charge is 0.435 e. The highest BCUT2D eigenvalue weighted by Crippen LogP contribution is 2.34. The van der Waals surface area contributed by atoms with Gasteiger partial charge in [0.25, 0.3) is 0 Å². The molecule has 5 nitrogen and oxygen atoms in total. The summed E-state index contributed by atoms with van der Waals surface area (Å²) in [5.74, 6) is 1.39. The molecule has 2 amide bonds. The number of hydrogen-bond acceptors (Lipinski definition) is 4. The number of benzene rings is 1. The van der Waals surface area contributed by atoms with Gasteiger partial charge in [-0.15, -0.1) is 11.8 Å². The summed E-state index contributed by atoms with van der Waals surface area (Å²) >= 11 is 1.62. The van der Waals surface area contributed by atoms with Gasteiger partial charge in [-0.05, 0) is 55.4 Å². The van der Waals surface area contributed by atoms with Crippen molar-refractivity contribution in [2.75, 3.05) is 11.6 Å². The maximum absolute atomic E-state index is 13.0. The van der Waals surface area contributed by atoms with Crippen molar-refractivity contribution in [3.8, 4) is 5.75 Å². The molecule has 29 heavy (non-hydrogen) atoms. The topological polar surface area (TPSA) is 58.6 Å². The smallest absolute Gasteiger partial charge is 0.387 e. The van der Waals surface area contributed by atoms with Crippen molar-refractivity contribution in [3.63, 3.8) is 0 Å². The minimum absolute atomic E-state index is 0.0627. The molecular formula is C21H26F2N2O3S. The monoisotopic (exact) mass is 424 g/mol. The predicted molar refractivity (Wildman–Crippen MR) is 107 cm³/mol. The number of hydrogen-bond donors (Lipinski definition) is 1. The molecule has 1 aromatic rings. The molecule has 2 aliphatic carbocycles. The highest BCUT2D eigenvalue weighted by molar-refractivity contribution is 7.99. The van der Waals surface area contributed by atoms with E-state index in [1.165, 1.54) is 6.07 Å². The predicted octanol–water partition coefficient (Wildman–Crippen LogP) is 3.87. The fraction of sp³-hybridized carbons (Fsp3) is 0.619. The van der Waals surface area contributed by atoms with Crippen LogP contribution in [0.4, 0.5) is 8.78 Å². The van der Waals surface area contributed by atoms with Crippen molar-refractivity contribution in [1.29, 1.82) is 0 Å². The zero-order valence-corrected chi connectivity index (χ0v) is 17.1. The summed E-state index contributed by atoms with van der Waals surface area (Å²) in [7, 11) is 0. The number of carbonyl (C=O) groups excluding carboxylic acids is 2. The van der Waals surface area contributed by atoms with Gasteiger partial charge in [0.1, 0.15) is 11.8 Å². The lowest BCUT2D eigenvalue weighted by Crippen LogP contribution is -2.49. The second-order valence-electron chi connectivity index (χ2n) is 8.00. The number of ether oxygens (including phenoxy) is 1. The molecule has 2 fully saturated rings. The molecule has 2 unspecified atom stereocenters. The molecular weight excluding hydrogens is 398 g/mol. The number of thioether (sulfide) groups is 1.